The van der Waals surface area contributed by atoms with Gasteiger partial charge >= 0.3 is 0 Å². The SMILES string of the molecule is OCC1(NCc2ncc(Cl)cc2Cl)CCc2ccccc21. The lowest BCUT2D eigenvalue weighted by atomic mass is 9.92. The van der Waals surface area contributed by atoms with Crippen LogP contribution in [0.1, 0.15) is 23.2 Å². The number of nitrogens with one attached hydrogen (secondary N) is 1. The number of pyridine rings is 1. The van der Waals surface area contributed by atoms with Crippen LogP contribution < -0.4 is 5.32 Å². The lowest BCUT2D eigenvalue weighted by Crippen LogP contribution is -2.43. The van der Waals surface area contributed by atoms with Crippen molar-refractivity contribution in [1.29, 1.82) is 0 Å². The number of halogens is 2. The fraction of sp³-hybridized carbons (Fsp3) is 0.312. The molecule has 2 aromatic rings. The predicted octanol–water partition coefficient (Wildman–Crippen LogP) is 3.31. The van der Waals surface area contributed by atoms with Crippen LogP contribution in [0.3, 0.4) is 0 Å². The summed E-state index contributed by atoms with van der Waals surface area (Å²) in [5, 5.41) is 14.4. The highest BCUT2D eigenvalue weighted by Crippen LogP contribution is 2.36. The Bertz CT molecular complexity index is 662. The first-order valence-electron chi connectivity index (χ1n) is 6.89. The summed E-state index contributed by atoms with van der Waals surface area (Å²) < 4.78 is 0. The average molecular weight is 323 g/mol. The normalized spacial score (nSPS) is 20.5. The number of benzene rings is 1. The molecule has 0 spiro atoms. The van der Waals surface area contributed by atoms with Crippen molar-refractivity contribution in [3.63, 3.8) is 0 Å². The molecule has 1 aliphatic rings. The Kier molecular flexibility index (Phi) is 4.18. The molecule has 1 aliphatic carbocycles. The Labute approximate surface area is 133 Å². The van der Waals surface area contributed by atoms with Gasteiger partial charge in [0.25, 0.3) is 0 Å². The summed E-state index contributed by atoms with van der Waals surface area (Å²) >= 11 is 12.0. The number of aromatic nitrogens is 1. The summed E-state index contributed by atoms with van der Waals surface area (Å²) in [6.45, 7) is 0.542. The van der Waals surface area contributed by atoms with E-state index in [9.17, 15) is 5.11 Å². The Balaban J connectivity index is 1.83. The van der Waals surface area contributed by atoms with E-state index in [1.54, 1.807) is 12.3 Å². The van der Waals surface area contributed by atoms with E-state index in [0.717, 1.165) is 24.1 Å². The molecule has 0 aliphatic heterocycles. The van der Waals surface area contributed by atoms with Gasteiger partial charge in [-0.2, -0.15) is 0 Å². The van der Waals surface area contributed by atoms with E-state index in [0.29, 0.717) is 16.6 Å². The molecule has 1 unspecified atom stereocenters. The molecule has 5 heteroatoms. The number of hydrogen-bond acceptors (Lipinski definition) is 3. The van der Waals surface area contributed by atoms with Gasteiger partial charge in [0, 0.05) is 12.7 Å². The molecular formula is C16H16Cl2N2O. The summed E-state index contributed by atoms with van der Waals surface area (Å²) in [7, 11) is 0. The highest BCUT2D eigenvalue weighted by Gasteiger charge is 2.37. The van der Waals surface area contributed by atoms with Crippen LogP contribution in [0.2, 0.25) is 10.0 Å². The summed E-state index contributed by atoms with van der Waals surface area (Å²) in [5.74, 6) is 0. The van der Waals surface area contributed by atoms with Crippen LogP contribution in [0.5, 0.6) is 0 Å². The number of aliphatic hydroxyl groups excluding tert-OH is 1. The van der Waals surface area contributed by atoms with Gasteiger partial charge in [-0.05, 0) is 30.0 Å². The zero-order valence-corrected chi connectivity index (χ0v) is 13.0. The smallest absolute Gasteiger partial charge is 0.0728 e. The van der Waals surface area contributed by atoms with Crippen LogP contribution >= 0.6 is 23.2 Å². The number of hydrogen-bond donors (Lipinski definition) is 2. The maximum Gasteiger partial charge on any atom is 0.0728 e. The Morgan fingerprint density at radius 1 is 1.29 bits per heavy atom. The van der Waals surface area contributed by atoms with Crippen molar-refractivity contribution in [3.8, 4) is 0 Å². The summed E-state index contributed by atoms with van der Waals surface area (Å²) in [6.07, 6.45) is 3.41. The van der Waals surface area contributed by atoms with Gasteiger partial charge in [-0.15, -0.1) is 0 Å². The molecule has 3 nitrogen and oxygen atoms in total. The molecule has 0 radical (unpaired) electrons. The molecule has 1 heterocycles. The lowest BCUT2D eigenvalue weighted by molar-refractivity contribution is 0.158. The minimum absolute atomic E-state index is 0.0508. The number of rotatable bonds is 4. The van der Waals surface area contributed by atoms with E-state index in [1.165, 1.54) is 5.56 Å². The second-order valence-corrected chi connectivity index (χ2v) is 6.18. The molecule has 0 bridgehead atoms. The fourth-order valence-electron chi connectivity index (χ4n) is 2.92. The maximum absolute atomic E-state index is 9.92. The van der Waals surface area contributed by atoms with Crippen LogP contribution in [0, 0.1) is 0 Å². The average Bonchev–Trinajstić information content (AvgIpc) is 2.86. The van der Waals surface area contributed by atoms with Gasteiger partial charge in [-0.3, -0.25) is 10.3 Å². The van der Waals surface area contributed by atoms with Crippen molar-refractivity contribution in [3.05, 3.63) is 63.4 Å². The van der Waals surface area contributed by atoms with Crippen LogP contribution in [-0.2, 0) is 18.5 Å². The van der Waals surface area contributed by atoms with E-state index in [2.05, 4.69) is 22.4 Å². The number of nitrogens with zero attached hydrogens (tertiary/aromatic N) is 1. The Morgan fingerprint density at radius 3 is 2.86 bits per heavy atom. The number of aliphatic hydroxyl groups is 1. The fourth-order valence-corrected chi connectivity index (χ4v) is 3.36. The molecule has 0 fully saturated rings. The molecule has 110 valence electrons. The zero-order valence-electron chi connectivity index (χ0n) is 11.4. The molecule has 1 atom stereocenters. The monoisotopic (exact) mass is 322 g/mol. The van der Waals surface area contributed by atoms with Gasteiger partial charge in [0.05, 0.1) is 27.9 Å². The zero-order chi connectivity index (χ0) is 14.9. The van der Waals surface area contributed by atoms with E-state index in [4.69, 9.17) is 23.2 Å². The highest BCUT2D eigenvalue weighted by atomic mass is 35.5. The van der Waals surface area contributed by atoms with Crippen molar-refractivity contribution in [1.82, 2.24) is 10.3 Å². The largest absolute Gasteiger partial charge is 0.394 e. The molecule has 1 aromatic carbocycles. The minimum Gasteiger partial charge on any atom is -0.394 e. The first-order chi connectivity index (χ1) is 10.1. The number of fused-ring (bicyclic) bond motifs is 1. The second-order valence-electron chi connectivity index (χ2n) is 5.33. The van der Waals surface area contributed by atoms with Crippen molar-refractivity contribution in [2.75, 3.05) is 6.61 Å². The van der Waals surface area contributed by atoms with E-state index >= 15 is 0 Å². The van der Waals surface area contributed by atoms with Gasteiger partial charge in [0.2, 0.25) is 0 Å². The molecule has 0 saturated carbocycles. The Hall–Kier alpha value is -1.13. The first-order valence-corrected chi connectivity index (χ1v) is 7.64. The molecule has 3 rings (SSSR count). The van der Waals surface area contributed by atoms with Gasteiger partial charge < -0.3 is 5.11 Å². The van der Waals surface area contributed by atoms with E-state index in [1.807, 2.05) is 12.1 Å². The molecule has 0 amide bonds. The van der Waals surface area contributed by atoms with Crippen molar-refractivity contribution >= 4 is 23.2 Å². The topological polar surface area (TPSA) is 45.1 Å². The summed E-state index contributed by atoms with van der Waals surface area (Å²) in [6, 6.07) is 9.90. The number of aryl methyl sites for hydroxylation is 1. The molecule has 1 aromatic heterocycles. The molecule has 21 heavy (non-hydrogen) atoms. The van der Waals surface area contributed by atoms with Crippen molar-refractivity contribution in [2.45, 2.75) is 24.9 Å². The first kappa shape index (κ1) is 14.8. The lowest BCUT2D eigenvalue weighted by Gasteiger charge is -2.30. The third-order valence-electron chi connectivity index (χ3n) is 4.10. The van der Waals surface area contributed by atoms with Crippen LogP contribution in [-0.4, -0.2) is 16.7 Å². The third-order valence-corrected chi connectivity index (χ3v) is 4.64. The van der Waals surface area contributed by atoms with Crippen LogP contribution in [0.4, 0.5) is 0 Å². The predicted molar refractivity (Wildman–Crippen MR) is 84.6 cm³/mol. The van der Waals surface area contributed by atoms with E-state index < -0.39 is 5.54 Å². The standard InChI is InChI=1S/C16H16Cl2N2O/c17-12-7-14(18)15(19-8-12)9-20-16(10-21)6-5-11-3-1-2-4-13(11)16/h1-4,7-8,20-21H,5-6,9-10H2. The third kappa shape index (κ3) is 2.79. The maximum atomic E-state index is 9.92. The summed E-state index contributed by atoms with van der Waals surface area (Å²) in [5.41, 5.74) is 2.77. The Morgan fingerprint density at radius 2 is 2.10 bits per heavy atom. The van der Waals surface area contributed by atoms with Crippen LogP contribution in [0.25, 0.3) is 0 Å². The molecular weight excluding hydrogens is 307 g/mol. The molecule has 2 N–H and O–H groups in total. The van der Waals surface area contributed by atoms with Gasteiger partial charge in [0.1, 0.15) is 0 Å². The van der Waals surface area contributed by atoms with Gasteiger partial charge in [0.15, 0.2) is 0 Å². The van der Waals surface area contributed by atoms with Gasteiger partial charge in [-0.25, -0.2) is 0 Å². The van der Waals surface area contributed by atoms with Crippen LogP contribution in [0.15, 0.2) is 36.5 Å². The summed E-state index contributed by atoms with van der Waals surface area (Å²) in [4.78, 5) is 4.25. The van der Waals surface area contributed by atoms with E-state index in [-0.39, 0.29) is 6.61 Å². The molecule has 0 saturated heterocycles. The minimum atomic E-state index is -0.415. The van der Waals surface area contributed by atoms with Gasteiger partial charge in [-0.1, -0.05) is 47.5 Å². The second kappa shape index (κ2) is 5.93. The highest BCUT2D eigenvalue weighted by molar-refractivity contribution is 6.34. The quantitative estimate of drug-likeness (QED) is 0.907. The van der Waals surface area contributed by atoms with Crippen molar-refractivity contribution in [2.24, 2.45) is 0 Å². The van der Waals surface area contributed by atoms with Crippen molar-refractivity contribution < 1.29 is 5.11 Å².